The van der Waals surface area contributed by atoms with Crippen LogP contribution in [0.2, 0.25) is 5.02 Å². The van der Waals surface area contributed by atoms with Crippen LogP contribution in [0.25, 0.3) is 0 Å². The van der Waals surface area contributed by atoms with E-state index in [0.29, 0.717) is 44.9 Å². The molecule has 4 nitrogen and oxygen atoms in total. The van der Waals surface area contributed by atoms with E-state index in [1.165, 1.54) is 23.1 Å². The minimum atomic E-state index is -0.627. The molecule has 0 radical (unpaired) electrons. The summed E-state index contributed by atoms with van der Waals surface area (Å²) in [4.78, 5) is 27.5. The summed E-state index contributed by atoms with van der Waals surface area (Å²) in [5.41, 5.74) is -0.105. The molecule has 1 aromatic carbocycles. The van der Waals surface area contributed by atoms with E-state index in [-0.39, 0.29) is 16.5 Å². The molecule has 7 heteroatoms. The minimum Gasteiger partial charge on any atom is -0.339 e. The van der Waals surface area contributed by atoms with Gasteiger partial charge >= 0.3 is 0 Å². The molecular weight excluding hydrogens is 330 g/mol. The Morgan fingerprint density at radius 2 is 1.77 bits per heavy atom. The molecule has 0 spiro atoms. The molecule has 120 valence electrons. The first kappa shape index (κ1) is 17.0. The number of rotatable bonds is 4. The third kappa shape index (κ3) is 3.90. The fourth-order valence-corrected chi connectivity index (χ4v) is 2.77. The first-order chi connectivity index (χ1) is 10.5. The first-order valence-electron chi connectivity index (χ1n) is 7.11. The highest BCUT2D eigenvalue weighted by Gasteiger charge is 2.27. The van der Waals surface area contributed by atoms with Gasteiger partial charge in [0.2, 0.25) is 5.91 Å². The van der Waals surface area contributed by atoms with Crippen molar-refractivity contribution in [1.29, 1.82) is 0 Å². The number of hydrogen-bond acceptors (Lipinski definition) is 2. The molecule has 0 aliphatic carbocycles. The van der Waals surface area contributed by atoms with Crippen LogP contribution in [0.5, 0.6) is 0 Å². The van der Waals surface area contributed by atoms with Gasteiger partial charge in [-0.2, -0.15) is 0 Å². The van der Waals surface area contributed by atoms with Gasteiger partial charge in [-0.1, -0.05) is 17.7 Å². The highest BCUT2D eigenvalue weighted by molar-refractivity contribution is 6.33. The van der Waals surface area contributed by atoms with E-state index in [2.05, 4.69) is 0 Å². The Kier molecular flexibility index (Phi) is 6.03. The Balaban J connectivity index is 1.97. The van der Waals surface area contributed by atoms with Crippen LogP contribution in [-0.2, 0) is 4.79 Å². The van der Waals surface area contributed by atoms with Crippen LogP contribution in [0.4, 0.5) is 4.39 Å². The molecule has 0 aromatic heterocycles. The lowest BCUT2D eigenvalue weighted by atomic mass is 10.1. The number of hydrogen-bond donors (Lipinski definition) is 0. The van der Waals surface area contributed by atoms with Gasteiger partial charge in [0.15, 0.2) is 0 Å². The number of nitrogens with zero attached hydrogens (tertiary/aromatic N) is 2. The van der Waals surface area contributed by atoms with Crippen LogP contribution >= 0.6 is 23.2 Å². The van der Waals surface area contributed by atoms with Gasteiger partial charge in [-0.3, -0.25) is 9.59 Å². The SMILES string of the molecule is O=C(CCCCl)N1CCN(C(=O)c2c(F)cccc2Cl)CC1. The number of alkyl halides is 1. The monoisotopic (exact) mass is 346 g/mol. The van der Waals surface area contributed by atoms with Crippen LogP contribution in [0, 0.1) is 5.82 Å². The molecule has 0 unspecified atom stereocenters. The molecule has 1 saturated heterocycles. The normalized spacial score (nSPS) is 15.0. The van der Waals surface area contributed by atoms with E-state index in [4.69, 9.17) is 23.2 Å². The van der Waals surface area contributed by atoms with Crippen molar-refractivity contribution in [1.82, 2.24) is 9.80 Å². The molecule has 2 amide bonds. The maximum Gasteiger partial charge on any atom is 0.258 e. The zero-order valence-electron chi connectivity index (χ0n) is 12.0. The molecule has 2 rings (SSSR count). The molecule has 0 atom stereocenters. The molecule has 1 heterocycles. The van der Waals surface area contributed by atoms with Gasteiger partial charge in [0.25, 0.3) is 5.91 Å². The van der Waals surface area contributed by atoms with Gasteiger partial charge in [0, 0.05) is 38.5 Å². The van der Waals surface area contributed by atoms with Crippen LogP contribution in [0.3, 0.4) is 0 Å². The van der Waals surface area contributed by atoms with Gasteiger partial charge in [-0.05, 0) is 18.6 Å². The van der Waals surface area contributed by atoms with Gasteiger partial charge < -0.3 is 9.80 Å². The fourth-order valence-electron chi connectivity index (χ4n) is 2.40. The highest BCUT2D eigenvalue weighted by Crippen LogP contribution is 2.21. The van der Waals surface area contributed by atoms with Gasteiger partial charge in [0.05, 0.1) is 10.6 Å². The lowest BCUT2D eigenvalue weighted by Gasteiger charge is -2.35. The maximum atomic E-state index is 13.8. The Labute approximate surface area is 138 Å². The Morgan fingerprint density at radius 1 is 1.14 bits per heavy atom. The summed E-state index contributed by atoms with van der Waals surface area (Å²) in [7, 11) is 0. The van der Waals surface area contributed by atoms with Gasteiger partial charge in [-0.15, -0.1) is 11.6 Å². The predicted octanol–water partition coefficient (Wildman–Crippen LogP) is 2.78. The average molecular weight is 347 g/mol. The van der Waals surface area contributed by atoms with E-state index in [9.17, 15) is 14.0 Å². The van der Waals surface area contributed by atoms with E-state index in [0.717, 1.165) is 0 Å². The van der Waals surface area contributed by atoms with Crippen molar-refractivity contribution in [2.75, 3.05) is 32.1 Å². The summed E-state index contributed by atoms with van der Waals surface area (Å²) in [5.74, 6) is -0.568. The smallest absolute Gasteiger partial charge is 0.258 e. The van der Waals surface area contributed by atoms with Crippen molar-refractivity contribution in [2.45, 2.75) is 12.8 Å². The summed E-state index contributed by atoms with van der Waals surface area (Å²) in [6.45, 7) is 1.63. The van der Waals surface area contributed by atoms with E-state index in [1.54, 1.807) is 4.90 Å². The van der Waals surface area contributed by atoms with Crippen LogP contribution in [0.15, 0.2) is 18.2 Å². The fraction of sp³-hybridized carbons (Fsp3) is 0.467. The largest absolute Gasteiger partial charge is 0.339 e. The highest BCUT2D eigenvalue weighted by atomic mass is 35.5. The number of piperazine rings is 1. The summed E-state index contributed by atoms with van der Waals surface area (Å²) in [5, 5.41) is 0.102. The Bertz CT molecular complexity index is 540. The maximum absolute atomic E-state index is 13.8. The number of amides is 2. The lowest BCUT2D eigenvalue weighted by molar-refractivity contribution is -0.132. The van der Waals surface area contributed by atoms with Crippen molar-refractivity contribution >= 4 is 35.0 Å². The zero-order chi connectivity index (χ0) is 16.1. The molecule has 0 saturated carbocycles. The summed E-state index contributed by atoms with van der Waals surface area (Å²) >= 11 is 11.5. The first-order valence-corrected chi connectivity index (χ1v) is 8.03. The molecule has 0 N–H and O–H groups in total. The average Bonchev–Trinajstić information content (AvgIpc) is 2.52. The number of carbonyl (C=O) groups excluding carboxylic acids is 2. The van der Waals surface area contributed by atoms with E-state index in [1.807, 2.05) is 0 Å². The van der Waals surface area contributed by atoms with Crippen molar-refractivity contribution in [3.63, 3.8) is 0 Å². The van der Waals surface area contributed by atoms with Crippen molar-refractivity contribution in [3.05, 3.63) is 34.6 Å². The number of carbonyl (C=O) groups is 2. The van der Waals surface area contributed by atoms with Crippen LogP contribution in [-0.4, -0.2) is 53.7 Å². The molecule has 22 heavy (non-hydrogen) atoms. The molecule has 1 aliphatic rings. The third-order valence-corrected chi connectivity index (χ3v) is 4.20. The molecule has 0 bridgehead atoms. The zero-order valence-corrected chi connectivity index (χ0v) is 13.5. The van der Waals surface area contributed by atoms with E-state index >= 15 is 0 Å². The Hall–Kier alpha value is -1.33. The minimum absolute atomic E-state index is 0.0386. The van der Waals surface area contributed by atoms with Gasteiger partial charge in [-0.25, -0.2) is 4.39 Å². The van der Waals surface area contributed by atoms with E-state index < -0.39 is 11.7 Å². The predicted molar refractivity (Wildman–Crippen MR) is 83.8 cm³/mol. The lowest BCUT2D eigenvalue weighted by Crippen LogP contribution is -2.50. The second-order valence-corrected chi connectivity index (χ2v) is 5.85. The molecule has 1 fully saturated rings. The van der Waals surface area contributed by atoms with Crippen molar-refractivity contribution in [3.8, 4) is 0 Å². The summed E-state index contributed by atoms with van der Waals surface area (Å²) in [6.07, 6.45) is 1.06. The summed E-state index contributed by atoms with van der Waals surface area (Å²) < 4.78 is 13.8. The standard InChI is InChI=1S/C15H17Cl2FN2O2/c16-6-2-5-13(21)19-7-9-20(10-8-19)15(22)14-11(17)3-1-4-12(14)18/h1,3-4H,2,5-10H2. The van der Waals surface area contributed by atoms with Gasteiger partial charge in [0.1, 0.15) is 5.82 Å². The molecule has 1 aliphatic heterocycles. The number of halogens is 3. The van der Waals surface area contributed by atoms with Crippen molar-refractivity contribution in [2.24, 2.45) is 0 Å². The third-order valence-electron chi connectivity index (χ3n) is 3.62. The second kappa shape index (κ2) is 7.79. The van der Waals surface area contributed by atoms with Crippen LogP contribution < -0.4 is 0 Å². The summed E-state index contributed by atoms with van der Waals surface area (Å²) in [6, 6.07) is 4.16. The topological polar surface area (TPSA) is 40.6 Å². The quantitative estimate of drug-likeness (QED) is 0.786. The van der Waals surface area contributed by atoms with Crippen LogP contribution in [0.1, 0.15) is 23.2 Å². The number of benzene rings is 1. The Morgan fingerprint density at radius 3 is 2.36 bits per heavy atom. The molecular formula is C15H17Cl2FN2O2. The van der Waals surface area contributed by atoms with Crippen molar-refractivity contribution < 1.29 is 14.0 Å². The second-order valence-electron chi connectivity index (χ2n) is 5.06. The molecule has 1 aromatic rings.